The molecule has 1 aromatic heterocycles. The molecule has 132 valence electrons. The summed E-state index contributed by atoms with van der Waals surface area (Å²) in [6.07, 6.45) is 3.21. The van der Waals surface area contributed by atoms with Crippen molar-refractivity contribution in [3.63, 3.8) is 0 Å². The van der Waals surface area contributed by atoms with Gasteiger partial charge < -0.3 is 10.4 Å². The van der Waals surface area contributed by atoms with E-state index in [9.17, 15) is 14.7 Å². The molecular formula is C18H21N3O3S. The number of nitrogens with one attached hydrogen (secondary N) is 1. The van der Waals surface area contributed by atoms with Crippen LogP contribution in [0.1, 0.15) is 29.5 Å². The zero-order valence-electron chi connectivity index (χ0n) is 13.8. The lowest BCUT2D eigenvalue weighted by molar-refractivity contribution is -0.144. The van der Waals surface area contributed by atoms with Gasteiger partial charge in [0.2, 0.25) is 5.91 Å². The van der Waals surface area contributed by atoms with Crippen LogP contribution in [0, 0.1) is 5.92 Å². The molecule has 1 amide bonds. The van der Waals surface area contributed by atoms with Gasteiger partial charge in [0.05, 0.1) is 12.5 Å². The second-order valence-electron chi connectivity index (χ2n) is 6.19. The molecule has 2 heterocycles. The van der Waals surface area contributed by atoms with E-state index in [1.54, 1.807) is 6.20 Å². The maximum absolute atomic E-state index is 12.5. The first-order valence-corrected chi connectivity index (χ1v) is 9.20. The summed E-state index contributed by atoms with van der Waals surface area (Å²) < 4.78 is 0. The van der Waals surface area contributed by atoms with E-state index < -0.39 is 5.97 Å². The maximum Gasteiger partial charge on any atom is 0.307 e. The molecule has 1 saturated heterocycles. The van der Waals surface area contributed by atoms with Crippen molar-refractivity contribution in [1.29, 1.82) is 0 Å². The number of thiazole rings is 1. The van der Waals surface area contributed by atoms with E-state index in [-0.39, 0.29) is 24.4 Å². The van der Waals surface area contributed by atoms with Crippen LogP contribution in [0.15, 0.2) is 41.9 Å². The summed E-state index contributed by atoms with van der Waals surface area (Å²) in [5.74, 6) is -1.28. The Morgan fingerprint density at radius 2 is 2.16 bits per heavy atom. The number of aromatic nitrogens is 1. The second-order valence-corrected chi connectivity index (χ2v) is 7.12. The molecule has 1 aliphatic rings. The normalized spacial score (nSPS) is 19.3. The average molecular weight is 359 g/mol. The Kier molecular flexibility index (Phi) is 5.78. The number of rotatable bonds is 6. The van der Waals surface area contributed by atoms with Crippen molar-refractivity contribution in [2.75, 3.05) is 19.6 Å². The van der Waals surface area contributed by atoms with Gasteiger partial charge >= 0.3 is 5.97 Å². The van der Waals surface area contributed by atoms with Crippen molar-refractivity contribution in [3.8, 4) is 0 Å². The molecule has 2 unspecified atom stereocenters. The van der Waals surface area contributed by atoms with E-state index in [1.807, 2.05) is 40.6 Å². The number of likely N-dealkylation sites (tertiary alicyclic amines) is 1. The monoisotopic (exact) mass is 359 g/mol. The van der Waals surface area contributed by atoms with Gasteiger partial charge in [-0.3, -0.25) is 14.5 Å². The zero-order chi connectivity index (χ0) is 17.6. The Bertz CT molecular complexity index is 706. The first-order chi connectivity index (χ1) is 12.1. The highest BCUT2D eigenvalue weighted by molar-refractivity contribution is 7.09. The van der Waals surface area contributed by atoms with Gasteiger partial charge in [-0.25, -0.2) is 4.98 Å². The van der Waals surface area contributed by atoms with E-state index in [1.165, 1.54) is 11.3 Å². The molecule has 2 N–H and O–H groups in total. The summed E-state index contributed by atoms with van der Waals surface area (Å²) in [5.41, 5.74) is 0.979. The lowest BCUT2D eigenvalue weighted by Crippen LogP contribution is -2.45. The van der Waals surface area contributed by atoms with Crippen LogP contribution in [0.25, 0.3) is 0 Å². The predicted octanol–water partition coefficient (Wildman–Crippen LogP) is 2.15. The SMILES string of the molecule is O=C(CN1CCCC(C(=O)O)C1)NC(c1ccccc1)c1nccs1. The molecule has 7 heteroatoms. The zero-order valence-corrected chi connectivity index (χ0v) is 14.6. The summed E-state index contributed by atoms with van der Waals surface area (Å²) in [7, 11) is 0. The second kappa shape index (κ2) is 8.22. The third-order valence-corrected chi connectivity index (χ3v) is 5.20. The van der Waals surface area contributed by atoms with Crippen molar-refractivity contribution >= 4 is 23.2 Å². The van der Waals surface area contributed by atoms with Crippen LogP contribution in [0.4, 0.5) is 0 Å². The third kappa shape index (κ3) is 4.64. The lowest BCUT2D eigenvalue weighted by atomic mass is 9.98. The van der Waals surface area contributed by atoms with Crippen molar-refractivity contribution in [3.05, 3.63) is 52.5 Å². The lowest BCUT2D eigenvalue weighted by Gasteiger charge is -2.30. The van der Waals surface area contributed by atoms with Gasteiger partial charge in [-0.1, -0.05) is 30.3 Å². The Balaban J connectivity index is 1.66. The molecule has 0 aliphatic carbocycles. The molecule has 2 atom stereocenters. The molecule has 6 nitrogen and oxygen atoms in total. The number of piperidine rings is 1. The van der Waals surface area contributed by atoms with Crippen molar-refractivity contribution in [2.24, 2.45) is 5.92 Å². The fourth-order valence-corrected chi connectivity index (χ4v) is 3.83. The van der Waals surface area contributed by atoms with Gasteiger partial charge in [-0.15, -0.1) is 11.3 Å². The standard InChI is InChI=1S/C18H21N3O3S/c22-15(12-21-9-4-7-14(11-21)18(23)24)20-16(17-19-8-10-25-17)13-5-2-1-3-6-13/h1-3,5-6,8,10,14,16H,4,7,9,11-12H2,(H,20,22)(H,23,24). The van der Waals surface area contributed by atoms with E-state index in [4.69, 9.17) is 0 Å². The molecule has 0 saturated carbocycles. The molecule has 0 spiro atoms. The number of carbonyl (C=O) groups is 2. The van der Waals surface area contributed by atoms with Crippen molar-refractivity contribution < 1.29 is 14.7 Å². The third-order valence-electron chi connectivity index (χ3n) is 4.36. The van der Waals surface area contributed by atoms with Gasteiger partial charge in [0.1, 0.15) is 11.0 Å². The number of nitrogens with zero attached hydrogens (tertiary/aromatic N) is 2. The van der Waals surface area contributed by atoms with Crippen molar-refractivity contribution in [2.45, 2.75) is 18.9 Å². The summed E-state index contributed by atoms with van der Waals surface area (Å²) >= 11 is 1.50. The van der Waals surface area contributed by atoms with E-state index in [0.717, 1.165) is 23.5 Å². The smallest absolute Gasteiger partial charge is 0.307 e. The molecule has 2 aromatic rings. The van der Waals surface area contributed by atoms with Gasteiger partial charge in [0.25, 0.3) is 0 Å². The minimum absolute atomic E-state index is 0.116. The van der Waals surface area contributed by atoms with Crippen LogP contribution in [0.5, 0.6) is 0 Å². The number of carbonyl (C=O) groups excluding carboxylic acids is 1. The number of benzene rings is 1. The number of amides is 1. The predicted molar refractivity (Wildman–Crippen MR) is 95.3 cm³/mol. The average Bonchev–Trinajstić information content (AvgIpc) is 3.15. The number of aliphatic carboxylic acids is 1. The molecule has 3 rings (SSSR count). The minimum atomic E-state index is -0.782. The van der Waals surface area contributed by atoms with Crippen LogP contribution < -0.4 is 5.32 Å². The fraction of sp³-hybridized carbons (Fsp3) is 0.389. The Morgan fingerprint density at radius 1 is 1.36 bits per heavy atom. The van der Waals surface area contributed by atoms with E-state index in [2.05, 4.69) is 10.3 Å². The fourth-order valence-electron chi connectivity index (χ4n) is 3.12. The van der Waals surface area contributed by atoms with Gasteiger partial charge in [0.15, 0.2) is 0 Å². The highest BCUT2D eigenvalue weighted by Crippen LogP contribution is 2.24. The van der Waals surface area contributed by atoms with Crippen LogP contribution in [0.2, 0.25) is 0 Å². The first-order valence-electron chi connectivity index (χ1n) is 8.32. The van der Waals surface area contributed by atoms with Crippen LogP contribution in [-0.2, 0) is 9.59 Å². The topological polar surface area (TPSA) is 82.5 Å². The number of hydrogen-bond donors (Lipinski definition) is 2. The molecule has 1 aromatic carbocycles. The highest BCUT2D eigenvalue weighted by atomic mass is 32.1. The van der Waals surface area contributed by atoms with Gasteiger partial charge in [0, 0.05) is 18.1 Å². The quantitative estimate of drug-likeness (QED) is 0.826. The minimum Gasteiger partial charge on any atom is -0.481 e. The maximum atomic E-state index is 12.5. The Labute approximate surface area is 150 Å². The molecular weight excluding hydrogens is 338 g/mol. The highest BCUT2D eigenvalue weighted by Gasteiger charge is 2.27. The number of carboxylic acid groups (broad SMARTS) is 1. The molecule has 0 radical (unpaired) electrons. The Morgan fingerprint density at radius 3 is 2.84 bits per heavy atom. The summed E-state index contributed by atoms with van der Waals surface area (Å²) in [6, 6.07) is 9.45. The molecule has 1 fully saturated rings. The number of hydrogen-bond acceptors (Lipinski definition) is 5. The van der Waals surface area contributed by atoms with E-state index in [0.29, 0.717) is 13.0 Å². The van der Waals surface area contributed by atoms with Crippen molar-refractivity contribution in [1.82, 2.24) is 15.2 Å². The first kappa shape index (κ1) is 17.6. The summed E-state index contributed by atoms with van der Waals surface area (Å²) in [4.78, 5) is 30.0. The largest absolute Gasteiger partial charge is 0.481 e. The van der Waals surface area contributed by atoms with Gasteiger partial charge in [-0.2, -0.15) is 0 Å². The van der Waals surface area contributed by atoms with Crippen LogP contribution in [0.3, 0.4) is 0 Å². The van der Waals surface area contributed by atoms with E-state index >= 15 is 0 Å². The summed E-state index contributed by atoms with van der Waals surface area (Å²) in [5, 5.41) is 14.9. The summed E-state index contributed by atoms with van der Waals surface area (Å²) in [6.45, 7) is 1.39. The molecule has 0 bridgehead atoms. The number of carboxylic acids is 1. The van der Waals surface area contributed by atoms with Gasteiger partial charge in [-0.05, 0) is 24.9 Å². The molecule has 1 aliphatic heterocycles. The Hall–Kier alpha value is -2.25. The van der Waals surface area contributed by atoms with Crippen LogP contribution in [-0.4, -0.2) is 46.5 Å². The molecule has 25 heavy (non-hydrogen) atoms. The van der Waals surface area contributed by atoms with Crippen LogP contribution >= 0.6 is 11.3 Å².